The van der Waals surface area contributed by atoms with Crippen LogP contribution in [0, 0.1) is 12.8 Å². The van der Waals surface area contributed by atoms with Gasteiger partial charge in [-0.1, -0.05) is 37.3 Å². The third-order valence-corrected chi connectivity index (χ3v) is 4.57. The Hall–Kier alpha value is -1.45. The van der Waals surface area contributed by atoms with Gasteiger partial charge in [-0.3, -0.25) is 9.88 Å². The second-order valence-corrected chi connectivity index (χ2v) is 6.49. The van der Waals surface area contributed by atoms with Crippen LogP contribution < -0.4 is 5.32 Å². The Morgan fingerprint density at radius 1 is 1.35 bits per heavy atom. The summed E-state index contributed by atoms with van der Waals surface area (Å²) in [6.45, 7) is 10.7. The van der Waals surface area contributed by atoms with Gasteiger partial charge >= 0.3 is 0 Å². The van der Waals surface area contributed by atoms with Crippen LogP contribution in [0.5, 0.6) is 0 Å². The molecule has 126 valence electrons. The van der Waals surface area contributed by atoms with Crippen LogP contribution in [0.3, 0.4) is 0 Å². The molecule has 3 heteroatoms. The van der Waals surface area contributed by atoms with Gasteiger partial charge in [0.15, 0.2) is 0 Å². The first-order valence-electron chi connectivity index (χ1n) is 8.85. The number of allylic oxidation sites excluding steroid dienone is 3. The molecule has 1 aromatic heterocycles. The summed E-state index contributed by atoms with van der Waals surface area (Å²) in [6.07, 6.45) is 13.3. The molecule has 2 rings (SSSR count). The van der Waals surface area contributed by atoms with Gasteiger partial charge in [0.25, 0.3) is 0 Å². The minimum Gasteiger partial charge on any atom is -0.317 e. The number of aromatic nitrogens is 1. The molecule has 0 aromatic carbocycles. The fourth-order valence-corrected chi connectivity index (χ4v) is 3.17. The maximum Gasteiger partial charge on any atom is 0.0573 e. The van der Waals surface area contributed by atoms with Crippen LogP contribution in [0.4, 0.5) is 0 Å². The summed E-state index contributed by atoms with van der Waals surface area (Å²) in [5, 5.41) is 3.47. The lowest BCUT2D eigenvalue weighted by Crippen LogP contribution is -2.43. The zero-order valence-electron chi connectivity index (χ0n) is 14.8. The van der Waals surface area contributed by atoms with Crippen molar-refractivity contribution >= 4 is 0 Å². The molecule has 0 saturated carbocycles. The van der Waals surface area contributed by atoms with Crippen molar-refractivity contribution in [2.24, 2.45) is 5.92 Å². The molecule has 0 aliphatic carbocycles. The predicted molar refractivity (Wildman–Crippen MR) is 98.4 cm³/mol. The van der Waals surface area contributed by atoms with E-state index in [0.29, 0.717) is 12.0 Å². The molecule has 1 aromatic rings. The van der Waals surface area contributed by atoms with Crippen molar-refractivity contribution in [1.82, 2.24) is 15.2 Å². The first kappa shape index (κ1) is 17.9. The van der Waals surface area contributed by atoms with Crippen molar-refractivity contribution in [2.45, 2.75) is 46.2 Å². The lowest BCUT2D eigenvalue weighted by molar-refractivity contribution is 0.169. The predicted octanol–water partition coefficient (Wildman–Crippen LogP) is 3.71. The molecule has 2 heterocycles. The average Bonchev–Trinajstić information content (AvgIpc) is 2.57. The lowest BCUT2D eigenvalue weighted by Gasteiger charge is -2.34. The summed E-state index contributed by atoms with van der Waals surface area (Å²) in [7, 11) is 0. The molecule has 1 saturated heterocycles. The van der Waals surface area contributed by atoms with Crippen LogP contribution in [0.2, 0.25) is 0 Å². The fraction of sp³-hybridized carbons (Fsp3) is 0.550. The van der Waals surface area contributed by atoms with Gasteiger partial charge in [-0.05, 0) is 57.3 Å². The molecule has 1 unspecified atom stereocenters. The van der Waals surface area contributed by atoms with Crippen LogP contribution in [-0.2, 0) is 6.54 Å². The third kappa shape index (κ3) is 5.92. The molecule has 23 heavy (non-hydrogen) atoms. The largest absolute Gasteiger partial charge is 0.317 e. The topological polar surface area (TPSA) is 28.2 Å². The van der Waals surface area contributed by atoms with E-state index in [4.69, 9.17) is 0 Å². The molecule has 0 radical (unpaired) electrons. The molecule has 0 bridgehead atoms. The van der Waals surface area contributed by atoms with Crippen molar-refractivity contribution < 1.29 is 0 Å². The first-order chi connectivity index (χ1) is 11.2. The molecule has 3 nitrogen and oxygen atoms in total. The van der Waals surface area contributed by atoms with Gasteiger partial charge in [0.1, 0.15) is 0 Å². The first-order valence-corrected chi connectivity index (χ1v) is 8.85. The standard InChI is InChI=1S/C20H31N3/c1-4-7-17(2)8-6-15-23(19-10-13-21-14-11-19)16-20-18(3)9-5-12-22-20/h4-9,12,17,19,21H,10-11,13-16H2,1-3H3/b7-4-,8-6?. The lowest BCUT2D eigenvalue weighted by atomic mass is 10.0. The second-order valence-electron chi connectivity index (χ2n) is 6.49. The van der Waals surface area contributed by atoms with Crippen LogP contribution in [0.15, 0.2) is 42.6 Å². The molecule has 1 N–H and O–H groups in total. The second kappa shape index (κ2) is 9.64. The van der Waals surface area contributed by atoms with E-state index >= 15 is 0 Å². The number of piperidine rings is 1. The molecular weight excluding hydrogens is 282 g/mol. The summed E-state index contributed by atoms with van der Waals surface area (Å²) in [5.74, 6) is 0.506. The van der Waals surface area contributed by atoms with E-state index in [2.05, 4.69) is 66.3 Å². The van der Waals surface area contributed by atoms with Gasteiger partial charge in [0, 0.05) is 25.3 Å². The maximum absolute atomic E-state index is 4.59. The zero-order chi connectivity index (χ0) is 16.5. The van der Waals surface area contributed by atoms with Crippen molar-refractivity contribution in [1.29, 1.82) is 0 Å². The highest BCUT2D eigenvalue weighted by molar-refractivity contribution is 5.17. The number of hydrogen-bond donors (Lipinski definition) is 1. The van der Waals surface area contributed by atoms with Crippen molar-refractivity contribution in [3.8, 4) is 0 Å². The summed E-state index contributed by atoms with van der Waals surface area (Å²) < 4.78 is 0. The van der Waals surface area contributed by atoms with Crippen LogP contribution >= 0.6 is 0 Å². The van der Waals surface area contributed by atoms with Gasteiger partial charge in [-0.2, -0.15) is 0 Å². The van der Waals surface area contributed by atoms with Gasteiger partial charge < -0.3 is 5.32 Å². The molecule has 1 fully saturated rings. The Morgan fingerprint density at radius 2 is 2.13 bits per heavy atom. The van der Waals surface area contributed by atoms with E-state index in [9.17, 15) is 0 Å². The van der Waals surface area contributed by atoms with E-state index in [0.717, 1.165) is 26.2 Å². The summed E-state index contributed by atoms with van der Waals surface area (Å²) in [4.78, 5) is 7.19. The van der Waals surface area contributed by atoms with Gasteiger partial charge in [0.05, 0.1) is 5.69 Å². The highest BCUT2D eigenvalue weighted by atomic mass is 15.2. The highest BCUT2D eigenvalue weighted by Crippen LogP contribution is 2.16. The van der Waals surface area contributed by atoms with E-state index in [1.165, 1.54) is 24.1 Å². The van der Waals surface area contributed by atoms with Crippen molar-refractivity contribution in [3.05, 3.63) is 53.9 Å². The van der Waals surface area contributed by atoms with Gasteiger partial charge in [-0.25, -0.2) is 0 Å². The quantitative estimate of drug-likeness (QED) is 0.778. The van der Waals surface area contributed by atoms with Crippen molar-refractivity contribution in [3.63, 3.8) is 0 Å². The maximum atomic E-state index is 4.59. The molecule has 0 spiro atoms. The third-order valence-electron chi connectivity index (χ3n) is 4.57. The van der Waals surface area contributed by atoms with E-state index < -0.39 is 0 Å². The SMILES string of the molecule is C/C=C\C(C)C=CCN(Cc1ncccc1C)C1CCNCC1. The van der Waals surface area contributed by atoms with Crippen LogP contribution in [0.1, 0.15) is 37.9 Å². The molecule has 1 atom stereocenters. The Morgan fingerprint density at radius 3 is 2.83 bits per heavy atom. The molecule has 1 aliphatic heterocycles. The van der Waals surface area contributed by atoms with Gasteiger partial charge in [-0.15, -0.1) is 0 Å². The Kier molecular flexibility index (Phi) is 7.50. The Bertz CT molecular complexity index is 515. The van der Waals surface area contributed by atoms with E-state index in [1.54, 1.807) is 0 Å². The van der Waals surface area contributed by atoms with E-state index in [1.807, 2.05) is 12.3 Å². The average molecular weight is 313 g/mol. The van der Waals surface area contributed by atoms with E-state index in [-0.39, 0.29) is 0 Å². The molecule has 1 aliphatic rings. The molecular formula is C20H31N3. The number of pyridine rings is 1. The van der Waals surface area contributed by atoms with Crippen LogP contribution in [0.25, 0.3) is 0 Å². The normalized spacial score (nSPS) is 18.3. The number of nitrogens with one attached hydrogen (secondary N) is 1. The minimum absolute atomic E-state index is 0.506. The number of hydrogen-bond acceptors (Lipinski definition) is 3. The summed E-state index contributed by atoms with van der Waals surface area (Å²) in [5.41, 5.74) is 2.50. The van der Waals surface area contributed by atoms with Crippen molar-refractivity contribution in [2.75, 3.05) is 19.6 Å². The number of aryl methyl sites for hydroxylation is 1. The Balaban J connectivity index is 2.03. The van der Waals surface area contributed by atoms with Crippen LogP contribution in [-0.4, -0.2) is 35.6 Å². The molecule has 0 amide bonds. The number of rotatable bonds is 7. The zero-order valence-corrected chi connectivity index (χ0v) is 14.8. The highest BCUT2D eigenvalue weighted by Gasteiger charge is 2.21. The fourth-order valence-electron chi connectivity index (χ4n) is 3.17. The summed E-state index contributed by atoms with van der Waals surface area (Å²) in [6, 6.07) is 4.83. The monoisotopic (exact) mass is 313 g/mol. The van der Waals surface area contributed by atoms with Gasteiger partial charge in [0.2, 0.25) is 0 Å². The minimum atomic E-state index is 0.506. The summed E-state index contributed by atoms with van der Waals surface area (Å²) >= 11 is 0. The number of nitrogens with zero attached hydrogens (tertiary/aromatic N) is 2. The Labute approximate surface area is 141 Å². The smallest absolute Gasteiger partial charge is 0.0573 e.